The summed E-state index contributed by atoms with van der Waals surface area (Å²) in [6.45, 7) is 2.09. The largest absolute Gasteiger partial charge is 0.340 e. The van der Waals surface area contributed by atoms with Crippen molar-refractivity contribution in [3.8, 4) is 0 Å². The lowest BCUT2D eigenvalue weighted by molar-refractivity contribution is 0.0971. The van der Waals surface area contributed by atoms with Gasteiger partial charge in [-0.15, -0.1) is 10.2 Å². The van der Waals surface area contributed by atoms with Gasteiger partial charge >= 0.3 is 0 Å². The first kappa shape index (κ1) is 11.2. The Morgan fingerprint density at radius 2 is 2.22 bits per heavy atom. The van der Waals surface area contributed by atoms with Crippen molar-refractivity contribution < 1.29 is 4.79 Å². The minimum atomic E-state index is 0.104. The van der Waals surface area contributed by atoms with Crippen LogP contribution in [0.1, 0.15) is 47.7 Å². The number of hydrogen-bond donors (Lipinski definition) is 0. The van der Waals surface area contributed by atoms with E-state index >= 15 is 0 Å². The van der Waals surface area contributed by atoms with Crippen molar-refractivity contribution in [3.63, 3.8) is 0 Å². The fourth-order valence-electron chi connectivity index (χ4n) is 2.71. The van der Waals surface area contributed by atoms with E-state index in [0.29, 0.717) is 6.42 Å². The molecule has 0 saturated heterocycles. The third-order valence-electron chi connectivity index (χ3n) is 3.68. The average Bonchev–Trinajstić information content (AvgIpc) is 2.95. The molecule has 1 aliphatic rings. The van der Waals surface area contributed by atoms with Crippen LogP contribution in [0, 0.1) is 0 Å². The predicted octanol–water partition coefficient (Wildman–Crippen LogP) is 1.74. The van der Waals surface area contributed by atoms with Crippen LogP contribution in [0.4, 0.5) is 0 Å². The van der Waals surface area contributed by atoms with E-state index in [9.17, 15) is 4.79 Å². The molecule has 0 aromatic carbocycles. The molecule has 5 heteroatoms. The lowest BCUT2D eigenvalue weighted by atomic mass is 9.96. The minimum absolute atomic E-state index is 0.104. The Balaban J connectivity index is 2.03. The maximum Gasteiger partial charge on any atom is 0.164 e. The van der Waals surface area contributed by atoms with Gasteiger partial charge in [0.2, 0.25) is 0 Å². The number of carbonyl (C=O) groups is 1. The third kappa shape index (κ3) is 1.58. The highest BCUT2D eigenvalue weighted by Gasteiger charge is 2.24. The normalized spacial score (nSPS) is 16.7. The molecule has 0 fully saturated rings. The molecule has 1 aliphatic carbocycles. The van der Waals surface area contributed by atoms with Crippen LogP contribution >= 0.6 is 0 Å². The maximum absolute atomic E-state index is 11.8. The van der Waals surface area contributed by atoms with Gasteiger partial charge in [-0.05, 0) is 25.8 Å². The maximum atomic E-state index is 11.8. The van der Waals surface area contributed by atoms with Gasteiger partial charge in [0.05, 0.1) is 6.04 Å². The summed E-state index contributed by atoms with van der Waals surface area (Å²) in [4.78, 5) is 11.8. The van der Waals surface area contributed by atoms with Crippen LogP contribution in [0.3, 0.4) is 0 Å². The van der Waals surface area contributed by atoms with Crippen LogP contribution in [0.2, 0.25) is 0 Å². The van der Waals surface area contributed by atoms with Crippen molar-refractivity contribution in [2.45, 2.75) is 32.2 Å². The highest BCUT2D eigenvalue weighted by Crippen LogP contribution is 2.27. The smallest absolute Gasteiger partial charge is 0.164 e. The molecular formula is C13H16N4O. The van der Waals surface area contributed by atoms with E-state index in [1.165, 1.54) is 0 Å². The molecule has 0 saturated carbocycles. The number of carbonyl (C=O) groups excluding carboxylic acids is 1. The Morgan fingerprint density at radius 1 is 1.39 bits per heavy atom. The number of aryl methyl sites for hydroxylation is 1. The van der Waals surface area contributed by atoms with Crippen LogP contribution in [0.15, 0.2) is 18.6 Å². The number of ketones is 1. The molecule has 1 unspecified atom stereocenters. The molecule has 0 spiro atoms. The van der Waals surface area contributed by atoms with Crippen molar-refractivity contribution in [1.29, 1.82) is 0 Å². The van der Waals surface area contributed by atoms with Gasteiger partial charge in [-0.2, -0.15) is 0 Å². The predicted molar refractivity (Wildman–Crippen MR) is 66.5 cm³/mol. The molecule has 3 rings (SSSR count). The Kier molecular flexibility index (Phi) is 2.54. The summed E-state index contributed by atoms with van der Waals surface area (Å²) in [5.41, 5.74) is 2.03. The second-order valence-electron chi connectivity index (χ2n) is 4.84. The molecule has 0 amide bonds. The number of fused-ring (bicyclic) bond motifs is 1. The number of hydrogen-bond acceptors (Lipinski definition) is 3. The van der Waals surface area contributed by atoms with Crippen LogP contribution in [0.25, 0.3) is 0 Å². The summed E-state index contributed by atoms with van der Waals surface area (Å²) in [7, 11) is 1.94. The Labute approximate surface area is 105 Å². The van der Waals surface area contributed by atoms with E-state index in [0.717, 1.165) is 29.9 Å². The molecule has 0 bridgehead atoms. The van der Waals surface area contributed by atoms with Crippen molar-refractivity contribution in [1.82, 2.24) is 19.3 Å². The number of Topliss-reactive ketones (excluding diaryl/α,β-unsaturated/α-hetero) is 1. The number of rotatable bonds is 2. The van der Waals surface area contributed by atoms with Crippen molar-refractivity contribution >= 4 is 5.78 Å². The van der Waals surface area contributed by atoms with Gasteiger partial charge in [0, 0.05) is 30.9 Å². The quantitative estimate of drug-likeness (QED) is 0.808. The zero-order chi connectivity index (χ0) is 12.7. The number of nitrogens with zero attached hydrogens (tertiary/aromatic N) is 4. The molecule has 5 nitrogen and oxygen atoms in total. The molecule has 18 heavy (non-hydrogen) atoms. The fourth-order valence-corrected chi connectivity index (χ4v) is 2.71. The molecule has 0 radical (unpaired) electrons. The van der Waals surface area contributed by atoms with Crippen LogP contribution in [0.5, 0.6) is 0 Å². The van der Waals surface area contributed by atoms with Gasteiger partial charge in [-0.3, -0.25) is 4.79 Å². The van der Waals surface area contributed by atoms with Crippen molar-refractivity contribution in [2.24, 2.45) is 7.05 Å². The van der Waals surface area contributed by atoms with Gasteiger partial charge in [0.25, 0.3) is 0 Å². The monoisotopic (exact) mass is 244 g/mol. The highest BCUT2D eigenvalue weighted by atomic mass is 16.1. The van der Waals surface area contributed by atoms with Crippen LogP contribution in [-0.4, -0.2) is 25.1 Å². The summed E-state index contributed by atoms with van der Waals surface area (Å²) < 4.78 is 4.07. The number of aromatic nitrogens is 4. The molecule has 1 atom stereocenters. The first-order valence-corrected chi connectivity index (χ1v) is 6.25. The Morgan fingerprint density at radius 3 is 2.94 bits per heavy atom. The summed E-state index contributed by atoms with van der Waals surface area (Å²) in [5, 5.41) is 8.06. The highest BCUT2D eigenvalue weighted by molar-refractivity contribution is 5.98. The van der Waals surface area contributed by atoms with Crippen LogP contribution < -0.4 is 0 Å². The zero-order valence-electron chi connectivity index (χ0n) is 10.6. The molecule has 2 aromatic heterocycles. The van der Waals surface area contributed by atoms with E-state index in [4.69, 9.17) is 0 Å². The van der Waals surface area contributed by atoms with E-state index in [1.807, 2.05) is 23.9 Å². The van der Waals surface area contributed by atoms with E-state index in [2.05, 4.69) is 21.7 Å². The minimum Gasteiger partial charge on any atom is -0.340 e. The topological polar surface area (TPSA) is 52.7 Å². The van der Waals surface area contributed by atoms with Gasteiger partial charge in [-0.1, -0.05) is 0 Å². The molecule has 94 valence electrons. The SMILES string of the molecule is CC(c1nncn1C)n1ccc2c1CCCC2=O. The Hall–Kier alpha value is -1.91. The molecule has 2 heterocycles. The third-order valence-corrected chi connectivity index (χ3v) is 3.68. The first-order chi connectivity index (χ1) is 8.68. The summed E-state index contributed by atoms with van der Waals surface area (Å²) in [5.74, 6) is 1.17. The Bertz CT molecular complexity index is 596. The second kappa shape index (κ2) is 4.08. The lowest BCUT2D eigenvalue weighted by Gasteiger charge is -2.19. The molecule has 0 N–H and O–H groups in total. The first-order valence-electron chi connectivity index (χ1n) is 6.25. The molecule has 2 aromatic rings. The van der Waals surface area contributed by atoms with E-state index < -0.39 is 0 Å². The van der Waals surface area contributed by atoms with Gasteiger partial charge in [-0.25, -0.2) is 0 Å². The fraction of sp³-hybridized carbons (Fsp3) is 0.462. The standard InChI is InChI=1S/C13H16N4O/c1-9(13-15-14-8-16(13)2)17-7-6-10-11(17)4-3-5-12(10)18/h6-9H,3-5H2,1-2H3. The van der Waals surface area contributed by atoms with E-state index in [-0.39, 0.29) is 11.8 Å². The second-order valence-corrected chi connectivity index (χ2v) is 4.84. The van der Waals surface area contributed by atoms with Gasteiger partial charge in [0.15, 0.2) is 11.6 Å². The summed E-state index contributed by atoms with van der Waals surface area (Å²) >= 11 is 0. The van der Waals surface area contributed by atoms with E-state index in [1.54, 1.807) is 6.33 Å². The average molecular weight is 244 g/mol. The summed E-state index contributed by atoms with van der Waals surface area (Å²) in [6.07, 6.45) is 6.28. The van der Waals surface area contributed by atoms with Gasteiger partial charge < -0.3 is 9.13 Å². The van der Waals surface area contributed by atoms with Gasteiger partial charge in [0.1, 0.15) is 6.33 Å². The molecule has 0 aliphatic heterocycles. The van der Waals surface area contributed by atoms with Crippen molar-refractivity contribution in [3.05, 3.63) is 35.7 Å². The van der Waals surface area contributed by atoms with Crippen LogP contribution in [-0.2, 0) is 13.5 Å². The van der Waals surface area contributed by atoms with Crippen molar-refractivity contribution in [2.75, 3.05) is 0 Å². The lowest BCUT2D eigenvalue weighted by Crippen LogP contribution is -2.17. The molecular weight excluding hydrogens is 228 g/mol. The zero-order valence-corrected chi connectivity index (χ0v) is 10.6. The summed E-state index contributed by atoms with van der Waals surface area (Å²) in [6, 6.07) is 2.04.